The van der Waals surface area contributed by atoms with E-state index in [1.165, 1.54) is 0 Å². The Hall–Kier alpha value is -1.40. The second-order valence-corrected chi connectivity index (χ2v) is 7.25. The van der Waals surface area contributed by atoms with Crippen LogP contribution in [0.15, 0.2) is 12.7 Å². The first-order chi connectivity index (χ1) is 11.5. The van der Waals surface area contributed by atoms with Gasteiger partial charge in [0.15, 0.2) is 0 Å². The Bertz CT molecular complexity index is 468. The van der Waals surface area contributed by atoms with Gasteiger partial charge in [0.1, 0.15) is 0 Å². The molecule has 0 aromatic heterocycles. The van der Waals surface area contributed by atoms with E-state index in [2.05, 4.69) is 23.4 Å². The van der Waals surface area contributed by atoms with Gasteiger partial charge < -0.3 is 19.8 Å². The van der Waals surface area contributed by atoms with E-state index in [1.807, 2.05) is 0 Å². The van der Waals surface area contributed by atoms with Crippen LogP contribution in [-0.4, -0.2) is 84.5 Å². The van der Waals surface area contributed by atoms with Crippen molar-refractivity contribution in [3.63, 3.8) is 0 Å². The second-order valence-electron chi connectivity index (χ2n) is 7.25. The minimum atomic E-state index is -0.846. The highest BCUT2D eigenvalue weighted by Gasteiger charge is 2.42. The van der Waals surface area contributed by atoms with Crippen molar-refractivity contribution < 1.29 is 14.7 Å². The number of aliphatic carboxylic acids is 1. The van der Waals surface area contributed by atoms with Gasteiger partial charge in [-0.25, -0.2) is 0 Å². The summed E-state index contributed by atoms with van der Waals surface area (Å²) in [5.74, 6) is -0.725. The Morgan fingerprint density at radius 1 is 1.17 bits per heavy atom. The third-order valence-electron chi connectivity index (χ3n) is 5.37. The average molecular weight is 337 g/mol. The number of carbonyl (C=O) groups excluding carboxylic acids is 1. The molecule has 136 valence electrons. The molecule has 0 spiro atoms. The number of hydrogen-bond donors (Lipinski definition) is 1. The molecule has 0 aromatic carbocycles. The summed E-state index contributed by atoms with van der Waals surface area (Å²) in [6.45, 7) is 9.63. The van der Waals surface area contributed by atoms with E-state index in [9.17, 15) is 14.7 Å². The van der Waals surface area contributed by atoms with E-state index in [-0.39, 0.29) is 5.91 Å². The number of likely N-dealkylation sites (tertiary alicyclic amines) is 1. The van der Waals surface area contributed by atoms with Crippen molar-refractivity contribution in [2.45, 2.75) is 32.1 Å². The highest BCUT2D eigenvalue weighted by atomic mass is 16.4. The quantitative estimate of drug-likeness (QED) is 0.740. The molecule has 1 amide bonds. The summed E-state index contributed by atoms with van der Waals surface area (Å²) in [5.41, 5.74) is -0.846. The minimum Gasteiger partial charge on any atom is -0.481 e. The lowest BCUT2D eigenvalue weighted by Gasteiger charge is -2.39. The molecule has 24 heavy (non-hydrogen) atoms. The predicted molar refractivity (Wildman–Crippen MR) is 93.9 cm³/mol. The maximum Gasteiger partial charge on any atom is 0.311 e. The first-order valence-corrected chi connectivity index (χ1v) is 9.00. The third kappa shape index (κ3) is 4.80. The molecule has 1 atom stereocenters. The van der Waals surface area contributed by atoms with E-state index in [1.54, 1.807) is 11.0 Å². The highest BCUT2D eigenvalue weighted by molar-refractivity contribution is 5.80. The van der Waals surface area contributed by atoms with Crippen molar-refractivity contribution in [2.24, 2.45) is 5.41 Å². The summed E-state index contributed by atoms with van der Waals surface area (Å²) in [7, 11) is 2.13. The van der Waals surface area contributed by atoms with Crippen molar-refractivity contribution in [3.05, 3.63) is 12.7 Å². The molecule has 2 saturated heterocycles. The van der Waals surface area contributed by atoms with E-state index in [0.717, 1.165) is 45.6 Å². The van der Waals surface area contributed by atoms with Crippen LogP contribution >= 0.6 is 0 Å². The monoisotopic (exact) mass is 337 g/mol. The van der Waals surface area contributed by atoms with Crippen LogP contribution < -0.4 is 0 Å². The first-order valence-electron chi connectivity index (χ1n) is 9.00. The van der Waals surface area contributed by atoms with E-state index >= 15 is 0 Å². The van der Waals surface area contributed by atoms with Crippen LogP contribution in [-0.2, 0) is 9.59 Å². The standard InChI is InChI=1S/C18H31N3O3/c1-3-7-18(17(23)24)8-4-11-21(15-18)16(22)6-12-20-10-5-9-19(2)13-14-20/h3H,1,4-15H2,2H3,(H,23,24). The number of rotatable bonds is 6. The SMILES string of the molecule is C=CCC1(C(=O)O)CCCN(C(=O)CCN2CCCN(C)CC2)C1. The number of carboxylic acids is 1. The van der Waals surface area contributed by atoms with Crippen LogP contribution in [0.5, 0.6) is 0 Å². The molecular formula is C18H31N3O3. The lowest BCUT2D eigenvalue weighted by molar-refractivity contribution is -0.154. The molecule has 0 radical (unpaired) electrons. The van der Waals surface area contributed by atoms with Crippen LogP contribution in [0.1, 0.15) is 32.1 Å². The van der Waals surface area contributed by atoms with Crippen LogP contribution in [0.25, 0.3) is 0 Å². The predicted octanol–water partition coefficient (Wildman–Crippen LogP) is 1.28. The van der Waals surface area contributed by atoms with Gasteiger partial charge in [0.05, 0.1) is 5.41 Å². The number of amides is 1. The Balaban J connectivity index is 1.87. The minimum absolute atomic E-state index is 0.0852. The summed E-state index contributed by atoms with van der Waals surface area (Å²) >= 11 is 0. The van der Waals surface area contributed by atoms with E-state index in [4.69, 9.17) is 0 Å². The third-order valence-corrected chi connectivity index (χ3v) is 5.37. The number of carbonyl (C=O) groups is 2. The molecular weight excluding hydrogens is 306 g/mol. The summed E-state index contributed by atoms with van der Waals surface area (Å²) in [5, 5.41) is 9.61. The van der Waals surface area contributed by atoms with Gasteiger partial charge in [-0.2, -0.15) is 0 Å². The lowest BCUT2D eigenvalue weighted by atomic mass is 9.77. The molecule has 0 saturated carbocycles. The Morgan fingerprint density at radius 3 is 2.67 bits per heavy atom. The molecule has 6 nitrogen and oxygen atoms in total. The number of hydrogen-bond acceptors (Lipinski definition) is 4. The molecule has 0 aromatic rings. The summed E-state index contributed by atoms with van der Waals surface area (Å²) in [6, 6.07) is 0. The number of nitrogens with zero attached hydrogens (tertiary/aromatic N) is 3. The zero-order valence-electron chi connectivity index (χ0n) is 14.9. The molecule has 0 bridgehead atoms. The fourth-order valence-electron chi connectivity index (χ4n) is 3.78. The maximum absolute atomic E-state index is 12.6. The van der Waals surface area contributed by atoms with Crippen molar-refractivity contribution in [1.29, 1.82) is 0 Å². The van der Waals surface area contributed by atoms with Gasteiger partial charge in [0.2, 0.25) is 5.91 Å². The summed E-state index contributed by atoms with van der Waals surface area (Å²) in [6.07, 6.45) is 5.07. The van der Waals surface area contributed by atoms with Crippen molar-refractivity contribution in [1.82, 2.24) is 14.7 Å². The summed E-state index contributed by atoms with van der Waals surface area (Å²) in [4.78, 5) is 30.7. The van der Waals surface area contributed by atoms with Crippen molar-refractivity contribution >= 4 is 11.9 Å². The second kappa shape index (κ2) is 8.62. The van der Waals surface area contributed by atoms with Crippen LogP contribution in [0, 0.1) is 5.41 Å². The molecule has 6 heteroatoms. The Morgan fingerprint density at radius 2 is 1.96 bits per heavy atom. The molecule has 1 N–H and O–H groups in total. The van der Waals surface area contributed by atoms with E-state index < -0.39 is 11.4 Å². The topological polar surface area (TPSA) is 64.1 Å². The van der Waals surface area contributed by atoms with Gasteiger partial charge >= 0.3 is 5.97 Å². The zero-order valence-corrected chi connectivity index (χ0v) is 14.9. The number of piperidine rings is 1. The van der Waals surface area contributed by atoms with Gasteiger partial charge in [-0.05, 0) is 45.8 Å². The average Bonchev–Trinajstić information content (AvgIpc) is 2.77. The highest BCUT2D eigenvalue weighted by Crippen LogP contribution is 2.34. The number of likely N-dealkylation sites (N-methyl/N-ethyl adjacent to an activating group) is 1. The maximum atomic E-state index is 12.6. The van der Waals surface area contributed by atoms with Gasteiger partial charge in [-0.3, -0.25) is 9.59 Å². The zero-order chi connectivity index (χ0) is 17.6. The molecule has 0 aliphatic carbocycles. The molecule has 1 unspecified atom stereocenters. The van der Waals surface area contributed by atoms with Gasteiger partial charge in [-0.1, -0.05) is 6.08 Å². The van der Waals surface area contributed by atoms with Crippen LogP contribution in [0.4, 0.5) is 0 Å². The van der Waals surface area contributed by atoms with Crippen LogP contribution in [0.2, 0.25) is 0 Å². The van der Waals surface area contributed by atoms with Gasteiger partial charge in [0.25, 0.3) is 0 Å². The fraction of sp³-hybridized carbons (Fsp3) is 0.778. The molecule has 2 heterocycles. The van der Waals surface area contributed by atoms with Crippen molar-refractivity contribution in [2.75, 3.05) is 52.9 Å². The lowest BCUT2D eigenvalue weighted by Crippen LogP contribution is -2.50. The largest absolute Gasteiger partial charge is 0.481 e. The smallest absolute Gasteiger partial charge is 0.311 e. The molecule has 2 aliphatic heterocycles. The van der Waals surface area contributed by atoms with Crippen molar-refractivity contribution in [3.8, 4) is 0 Å². The molecule has 2 fully saturated rings. The van der Waals surface area contributed by atoms with Crippen LogP contribution in [0.3, 0.4) is 0 Å². The van der Waals surface area contributed by atoms with E-state index in [0.29, 0.717) is 32.4 Å². The molecule has 2 aliphatic rings. The fourth-order valence-corrected chi connectivity index (χ4v) is 3.78. The summed E-state index contributed by atoms with van der Waals surface area (Å²) < 4.78 is 0. The van der Waals surface area contributed by atoms with Gasteiger partial charge in [-0.15, -0.1) is 6.58 Å². The normalized spacial score (nSPS) is 26.8. The molecule has 2 rings (SSSR count). The van der Waals surface area contributed by atoms with Gasteiger partial charge in [0, 0.05) is 39.1 Å². The number of allylic oxidation sites excluding steroid dienone is 1. The Labute approximate surface area is 145 Å². The first kappa shape index (κ1) is 18.9. The Kier molecular flexibility index (Phi) is 6.80. The number of carboxylic acid groups (broad SMARTS) is 1.